The second-order valence-corrected chi connectivity index (χ2v) is 3.95. The summed E-state index contributed by atoms with van der Waals surface area (Å²) in [6, 6.07) is 5.81. The molecule has 60 valence electrons. The molecule has 1 aromatic carbocycles. The van der Waals surface area contributed by atoms with Crippen LogP contribution in [-0.2, 0) is 6.42 Å². The van der Waals surface area contributed by atoms with Gasteiger partial charge in [-0.3, -0.25) is 0 Å². The van der Waals surface area contributed by atoms with Gasteiger partial charge in [0.05, 0.1) is 0 Å². The van der Waals surface area contributed by atoms with Gasteiger partial charge in [-0.15, -0.1) is 0 Å². The fraction of sp³-hybridized carbons (Fsp3) is 0.250. The van der Waals surface area contributed by atoms with E-state index in [2.05, 4.69) is 28.6 Å². The molecule has 0 aliphatic carbocycles. The second-order valence-electron chi connectivity index (χ2n) is 2.21. The van der Waals surface area contributed by atoms with Crippen molar-refractivity contribution in [1.82, 2.24) is 0 Å². The summed E-state index contributed by atoms with van der Waals surface area (Å²) in [5, 5.41) is 0.764. The first-order valence-corrected chi connectivity index (χ1v) is 5.09. The van der Waals surface area contributed by atoms with Crippen molar-refractivity contribution in [2.24, 2.45) is 0 Å². The van der Waals surface area contributed by atoms with Gasteiger partial charge >= 0.3 is 0 Å². The highest BCUT2D eigenvalue weighted by Gasteiger charge is 1.98. The number of hydrogen-bond acceptors (Lipinski definition) is 1. The Morgan fingerprint density at radius 3 is 2.73 bits per heavy atom. The Hall–Kier alpha value is 0.340. The van der Waals surface area contributed by atoms with E-state index in [-0.39, 0.29) is 0 Å². The molecule has 0 unspecified atom stereocenters. The molecular formula is C8H8BrClS. The SMILES string of the molecule is SCCc1ccc(Cl)cc1Br. The van der Waals surface area contributed by atoms with Crippen LogP contribution in [0.25, 0.3) is 0 Å². The summed E-state index contributed by atoms with van der Waals surface area (Å²) in [7, 11) is 0. The molecule has 0 aromatic heterocycles. The zero-order chi connectivity index (χ0) is 8.27. The van der Waals surface area contributed by atoms with Crippen molar-refractivity contribution in [3.05, 3.63) is 33.3 Å². The van der Waals surface area contributed by atoms with Crippen molar-refractivity contribution in [2.75, 3.05) is 5.75 Å². The van der Waals surface area contributed by atoms with E-state index in [1.165, 1.54) is 5.56 Å². The van der Waals surface area contributed by atoms with Gasteiger partial charge in [-0.2, -0.15) is 12.6 Å². The van der Waals surface area contributed by atoms with E-state index in [0.717, 1.165) is 21.7 Å². The van der Waals surface area contributed by atoms with Gasteiger partial charge in [-0.25, -0.2) is 0 Å². The number of thiol groups is 1. The number of halogens is 2. The average molecular weight is 252 g/mol. The highest BCUT2D eigenvalue weighted by Crippen LogP contribution is 2.21. The van der Waals surface area contributed by atoms with Gasteiger partial charge in [-0.1, -0.05) is 33.6 Å². The molecule has 11 heavy (non-hydrogen) atoms. The monoisotopic (exact) mass is 250 g/mol. The Morgan fingerprint density at radius 2 is 2.18 bits per heavy atom. The quantitative estimate of drug-likeness (QED) is 0.763. The van der Waals surface area contributed by atoms with Gasteiger partial charge < -0.3 is 0 Å². The molecular weight excluding hydrogens is 244 g/mol. The van der Waals surface area contributed by atoms with Gasteiger partial charge in [0.15, 0.2) is 0 Å². The second kappa shape index (κ2) is 4.39. The van der Waals surface area contributed by atoms with Crippen molar-refractivity contribution in [2.45, 2.75) is 6.42 Å². The van der Waals surface area contributed by atoms with Crippen molar-refractivity contribution in [3.8, 4) is 0 Å². The number of benzene rings is 1. The number of aryl methyl sites for hydroxylation is 1. The Balaban J connectivity index is 2.90. The van der Waals surface area contributed by atoms with Gasteiger partial charge in [0.2, 0.25) is 0 Å². The Bertz CT molecular complexity index is 250. The summed E-state index contributed by atoms with van der Waals surface area (Å²) in [4.78, 5) is 0. The van der Waals surface area contributed by atoms with E-state index < -0.39 is 0 Å². The minimum absolute atomic E-state index is 0.764. The fourth-order valence-corrected chi connectivity index (χ4v) is 1.97. The Labute approximate surface area is 85.5 Å². The van der Waals surface area contributed by atoms with Crippen molar-refractivity contribution >= 4 is 40.2 Å². The Kier molecular flexibility index (Phi) is 3.76. The minimum Gasteiger partial charge on any atom is -0.179 e. The molecule has 0 fully saturated rings. The summed E-state index contributed by atoms with van der Waals surface area (Å²) in [5.41, 5.74) is 1.25. The van der Waals surface area contributed by atoms with E-state index in [9.17, 15) is 0 Å². The van der Waals surface area contributed by atoms with Crippen LogP contribution in [0.15, 0.2) is 22.7 Å². The summed E-state index contributed by atoms with van der Waals surface area (Å²) in [5.74, 6) is 0.861. The molecule has 0 amide bonds. The molecule has 0 N–H and O–H groups in total. The smallest absolute Gasteiger partial charge is 0.0417 e. The van der Waals surface area contributed by atoms with Gasteiger partial charge in [-0.05, 0) is 29.9 Å². The highest BCUT2D eigenvalue weighted by atomic mass is 79.9. The predicted molar refractivity (Wildman–Crippen MR) is 56.7 cm³/mol. The molecule has 0 radical (unpaired) electrons. The summed E-state index contributed by atoms with van der Waals surface area (Å²) in [6.07, 6.45) is 0.973. The molecule has 0 atom stereocenters. The standard InChI is InChI=1S/C8H8BrClS/c9-8-5-7(10)2-1-6(8)3-4-11/h1-2,5,11H,3-4H2. The lowest BCUT2D eigenvalue weighted by atomic mass is 10.2. The average Bonchev–Trinajstić information content (AvgIpc) is 1.95. The van der Waals surface area contributed by atoms with Gasteiger partial charge in [0, 0.05) is 9.50 Å². The van der Waals surface area contributed by atoms with E-state index in [4.69, 9.17) is 11.6 Å². The van der Waals surface area contributed by atoms with Crippen LogP contribution < -0.4 is 0 Å². The fourth-order valence-electron chi connectivity index (χ4n) is 0.845. The van der Waals surface area contributed by atoms with Crippen molar-refractivity contribution < 1.29 is 0 Å². The van der Waals surface area contributed by atoms with Crippen LogP contribution in [0.4, 0.5) is 0 Å². The molecule has 0 aliphatic rings. The van der Waals surface area contributed by atoms with Crippen LogP contribution in [0.2, 0.25) is 5.02 Å². The molecule has 3 heteroatoms. The third-order valence-corrected chi connectivity index (χ3v) is 2.59. The molecule has 1 aromatic rings. The lowest BCUT2D eigenvalue weighted by molar-refractivity contribution is 1.15. The zero-order valence-electron chi connectivity index (χ0n) is 5.85. The summed E-state index contributed by atoms with van der Waals surface area (Å²) < 4.78 is 1.07. The van der Waals surface area contributed by atoms with Crippen molar-refractivity contribution in [1.29, 1.82) is 0 Å². The van der Waals surface area contributed by atoms with Crippen LogP contribution >= 0.6 is 40.2 Å². The van der Waals surface area contributed by atoms with Gasteiger partial charge in [0.1, 0.15) is 0 Å². The molecule has 0 saturated heterocycles. The van der Waals surface area contributed by atoms with Gasteiger partial charge in [0.25, 0.3) is 0 Å². The maximum Gasteiger partial charge on any atom is 0.0417 e. The van der Waals surface area contributed by atoms with Crippen molar-refractivity contribution in [3.63, 3.8) is 0 Å². The van der Waals surface area contributed by atoms with Crippen LogP contribution in [0.1, 0.15) is 5.56 Å². The largest absolute Gasteiger partial charge is 0.179 e. The zero-order valence-corrected chi connectivity index (χ0v) is 9.09. The molecule has 0 heterocycles. The summed E-state index contributed by atoms with van der Waals surface area (Å²) in [6.45, 7) is 0. The van der Waals surface area contributed by atoms with Crippen LogP contribution in [0.5, 0.6) is 0 Å². The molecule has 0 nitrogen and oxygen atoms in total. The maximum atomic E-state index is 5.77. The third-order valence-electron chi connectivity index (χ3n) is 1.40. The lowest BCUT2D eigenvalue weighted by Gasteiger charge is -2.01. The van der Waals surface area contributed by atoms with Crippen LogP contribution in [-0.4, -0.2) is 5.75 Å². The number of hydrogen-bond donors (Lipinski definition) is 1. The maximum absolute atomic E-state index is 5.77. The first-order valence-electron chi connectivity index (χ1n) is 3.29. The topological polar surface area (TPSA) is 0 Å². The lowest BCUT2D eigenvalue weighted by Crippen LogP contribution is -1.86. The number of rotatable bonds is 2. The van der Waals surface area contributed by atoms with E-state index >= 15 is 0 Å². The minimum atomic E-state index is 0.764. The third kappa shape index (κ3) is 2.69. The first-order chi connectivity index (χ1) is 5.24. The highest BCUT2D eigenvalue weighted by molar-refractivity contribution is 9.10. The molecule has 1 rings (SSSR count). The van der Waals surface area contributed by atoms with E-state index in [0.29, 0.717) is 0 Å². The first kappa shape index (κ1) is 9.43. The Morgan fingerprint density at radius 1 is 1.45 bits per heavy atom. The van der Waals surface area contributed by atoms with E-state index in [1.54, 1.807) is 0 Å². The van der Waals surface area contributed by atoms with Crippen LogP contribution in [0, 0.1) is 0 Å². The molecule has 0 aliphatic heterocycles. The van der Waals surface area contributed by atoms with Crippen LogP contribution in [0.3, 0.4) is 0 Å². The summed E-state index contributed by atoms with van der Waals surface area (Å²) >= 11 is 13.3. The molecule has 0 spiro atoms. The normalized spacial score (nSPS) is 10.1. The molecule has 0 saturated carbocycles. The predicted octanol–water partition coefficient (Wildman–Crippen LogP) is 3.57. The van der Waals surface area contributed by atoms with E-state index in [1.807, 2.05) is 18.2 Å². The molecule has 0 bridgehead atoms.